The topological polar surface area (TPSA) is 135 Å². The molecule has 0 amide bonds. The minimum atomic E-state index is -3.58. The zero-order chi connectivity index (χ0) is 24.4. The van der Waals surface area contributed by atoms with E-state index in [1.807, 2.05) is 12.1 Å². The van der Waals surface area contributed by atoms with Crippen molar-refractivity contribution in [3.63, 3.8) is 0 Å². The fourth-order valence-electron chi connectivity index (χ4n) is 3.86. The Balaban J connectivity index is 1.52. The molecule has 5 heterocycles. The Labute approximate surface area is 206 Å². The molecule has 5 rings (SSSR count). The van der Waals surface area contributed by atoms with Crippen LogP contribution in [0.25, 0.3) is 11.4 Å². The minimum Gasteiger partial charge on any atom is -0.485 e. The Morgan fingerprint density at radius 2 is 1.97 bits per heavy atom. The van der Waals surface area contributed by atoms with Crippen molar-refractivity contribution in [2.24, 2.45) is 0 Å². The molecule has 1 atom stereocenters. The molecule has 0 spiro atoms. The van der Waals surface area contributed by atoms with Crippen LogP contribution in [0.3, 0.4) is 0 Å². The summed E-state index contributed by atoms with van der Waals surface area (Å²) >= 11 is 5.81. The first-order chi connectivity index (χ1) is 16.9. The highest BCUT2D eigenvalue weighted by atomic mass is 35.5. The standard InChI is InChI=1S/C22H20ClN7O4S/c1-33-22-20-16(4-7-25-22)21-29-28-19(30(21)17(12-34-20)14-3-2-6-24-9-14)13-35(31,32)8-5-18-26-10-15(23)11-27-18/h2-4,6-7,9-11,17H,5,8,12-13H2,1H3/t17-/m0/s1. The van der Waals surface area contributed by atoms with Crippen molar-refractivity contribution in [1.29, 1.82) is 0 Å². The highest BCUT2D eigenvalue weighted by molar-refractivity contribution is 7.90. The van der Waals surface area contributed by atoms with Crippen LogP contribution in [0.1, 0.15) is 23.3 Å². The van der Waals surface area contributed by atoms with Gasteiger partial charge in [-0.3, -0.25) is 9.55 Å². The van der Waals surface area contributed by atoms with Crippen LogP contribution in [0.2, 0.25) is 5.02 Å². The Kier molecular flexibility index (Phi) is 6.31. The Bertz CT molecular complexity index is 1450. The van der Waals surface area contributed by atoms with Gasteiger partial charge in [0.2, 0.25) is 0 Å². The molecule has 1 aliphatic heterocycles. The summed E-state index contributed by atoms with van der Waals surface area (Å²) in [6, 6.07) is 5.02. The molecule has 0 saturated carbocycles. The van der Waals surface area contributed by atoms with E-state index in [9.17, 15) is 8.42 Å². The van der Waals surface area contributed by atoms with Crippen LogP contribution in [0, 0.1) is 0 Å². The lowest BCUT2D eigenvalue weighted by atomic mass is 10.1. The van der Waals surface area contributed by atoms with Crippen molar-refractivity contribution in [2.75, 3.05) is 19.5 Å². The lowest BCUT2D eigenvalue weighted by Gasteiger charge is -2.19. The number of sulfone groups is 1. The van der Waals surface area contributed by atoms with Crippen molar-refractivity contribution in [2.45, 2.75) is 18.2 Å². The van der Waals surface area contributed by atoms with E-state index in [0.717, 1.165) is 5.56 Å². The summed E-state index contributed by atoms with van der Waals surface area (Å²) in [7, 11) is -2.08. The SMILES string of the molecule is COc1nccc2c1OC[C@@H](c1cccnc1)n1c(CS(=O)(=O)CCc3ncc(Cl)cn3)nnc1-2. The van der Waals surface area contributed by atoms with Gasteiger partial charge in [0.25, 0.3) is 5.88 Å². The van der Waals surface area contributed by atoms with Crippen molar-refractivity contribution in [3.05, 3.63) is 71.4 Å². The normalized spacial score (nSPS) is 15.0. The van der Waals surface area contributed by atoms with Crippen LogP contribution in [-0.2, 0) is 22.0 Å². The molecule has 4 aromatic rings. The molecule has 0 radical (unpaired) electrons. The molecule has 180 valence electrons. The predicted octanol–water partition coefficient (Wildman–Crippen LogP) is 2.33. The average molecular weight is 514 g/mol. The second-order valence-electron chi connectivity index (χ2n) is 7.78. The number of hydrogen-bond donors (Lipinski definition) is 0. The van der Waals surface area contributed by atoms with E-state index in [4.69, 9.17) is 21.1 Å². The number of halogens is 1. The Morgan fingerprint density at radius 1 is 1.14 bits per heavy atom. The number of pyridine rings is 2. The summed E-state index contributed by atoms with van der Waals surface area (Å²) in [6.45, 7) is 0.178. The van der Waals surface area contributed by atoms with Gasteiger partial charge >= 0.3 is 0 Å². The number of aryl methyl sites for hydroxylation is 1. The van der Waals surface area contributed by atoms with E-state index in [1.54, 1.807) is 29.2 Å². The van der Waals surface area contributed by atoms with E-state index in [0.29, 0.717) is 33.9 Å². The van der Waals surface area contributed by atoms with E-state index in [2.05, 4.69) is 30.1 Å². The summed E-state index contributed by atoms with van der Waals surface area (Å²) in [4.78, 5) is 16.6. The molecular formula is C22H20ClN7O4S. The molecular weight excluding hydrogens is 494 g/mol. The summed E-state index contributed by atoms with van der Waals surface area (Å²) in [5.74, 6) is 1.40. The van der Waals surface area contributed by atoms with Gasteiger partial charge in [-0.1, -0.05) is 17.7 Å². The van der Waals surface area contributed by atoms with Crippen molar-refractivity contribution in [3.8, 4) is 23.0 Å². The molecule has 11 nitrogen and oxygen atoms in total. The second-order valence-corrected chi connectivity index (χ2v) is 10.4. The maximum atomic E-state index is 13.1. The third-order valence-corrected chi connectivity index (χ3v) is 7.22. The minimum absolute atomic E-state index is 0.154. The van der Waals surface area contributed by atoms with Crippen LogP contribution < -0.4 is 9.47 Å². The van der Waals surface area contributed by atoms with Gasteiger partial charge < -0.3 is 9.47 Å². The zero-order valence-electron chi connectivity index (χ0n) is 18.6. The van der Waals surface area contributed by atoms with E-state index in [-0.39, 0.29) is 30.4 Å². The highest BCUT2D eigenvalue weighted by Crippen LogP contribution is 2.41. The van der Waals surface area contributed by atoms with Gasteiger partial charge in [-0.15, -0.1) is 10.2 Å². The molecule has 0 bridgehead atoms. The first kappa shape index (κ1) is 23.1. The number of methoxy groups -OCH3 is 1. The number of fused-ring (bicyclic) bond motifs is 3. The largest absolute Gasteiger partial charge is 0.485 e. The Morgan fingerprint density at radius 3 is 2.71 bits per heavy atom. The lowest BCUT2D eigenvalue weighted by Crippen LogP contribution is -2.22. The molecule has 0 saturated heterocycles. The molecule has 0 N–H and O–H groups in total. The third-order valence-electron chi connectivity index (χ3n) is 5.50. The monoisotopic (exact) mass is 513 g/mol. The smallest absolute Gasteiger partial charge is 0.257 e. The van der Waals surface area contributed by atoms with Gasteiger partial charge in [0.05, 0.1) is 29.5 Å². The summed E-state index contributed by atoms with van der Waals surface area (Å²) in [5, 5.41) is 9.00. The molecule has 0 fully saturated rings. The summed E-state index contributed by atoms with van der Waals surface area (Å²) in [6.07, 6.45) is 7.98. The van der Waals surface area contributed by atoms with Crippen LogP contribution in [0.4, 0.5) is 0 Å². The van der Waals surface area contributed by atoms with Crippen LogP contribution in [-0.4, -0.2) is 62.6 Å². The molecule has 0 aliphatic carbocycles. The maximum absolute atomic E-state index is 13.1. The average Bonchev–Trinajstić information content (AvgIpc) is 3.18. The lowest BCUT2D eigenvalue weighted by molar-refractivity contribution is 0.260. The van der Waals surface area contributed by atoms with E-state index >= 15 is 0 Å². The summed E-state index contributed by atoms with van der Waals surface area (Å²) < 4.78 is 39.4. The Hall–Kier alpha value is -3.64. The number of aromatic nitrogens is 7. The second kappa shape index (κ2) is 9.55. The molecule has 4 aromatic heterocycles. The number of rotatable bonds is 7. The van der Waals surface area contributed by atoms with Crippen molar-refractivity contribution < 1.29 is 17.9 Å². The molecule has 0 unspecified atom stereocenters. The maximum Gasteiger partial charge on any atom is 0.257 e. The van der Waals surface area contributed by atoms with Gasteiger partial charge in [-0.25, -0.2) is 23.4 Å². The predicted molar refractivity (Wildman–Crippen MR) is 126 cm³/mol. The molecule has 0 aromatic carbocycles. The molecule has 35 heavy (non-hydrogen) atoms. The first-order valence-corrected chi connectivity index (χ1v) is 12.8. The fraction of sp³-hybridized carbons (Fsp3) is 0.273. The fourth-order valence-corrected chi connectivity index (χ4v) is 5.19. The zero-order valence-corrected chi connectivity index (χ0v) is 20.1. The number of nitrogens with zero attached hydrogens (tertiary/aromatic N) is 7. The number of hydrogen-bond acceptors (Lipinski definition) is 10. The highest BCUT2D eigenvalue weighted by Gasteiger charge is 2.32. The molecule has 1 aliphatic rings. The van der Waals surface area contributed by atoms with Crippen molar-refractivity contribution in [1.82, 2.24) is 34.7 Å². The quantitative estimate of drug-likeness (QED) is 0.362. The van der Waals surface area contributed by atoms with Gasteiger partial charge in [0.1, 0.15) is 24.0 Å². The first-order valence-electron chi connectivity index (χ1n) is 10.6. The van der Waals surface area contributed by atoms with Gasteiger partial charge in [-0.2, -0.15) is 0 Å². The van der Waals surface area contributed by atoms with Crippen LogP contribution in [0.5, 0.6) is 11.6 Å². The van der Waals surface area contributed by atoms with Gasteiger partial charge in [0, 0.05) is 37.4 Å². The molecule has 13 heteroatoms. The van der Waals surface area contributed by atoms with Gasteiger partial charge in [-0.05, 0) is 17.7 Å². The van der Waals surface area contributed by atoms with E-state index < -0.39 is 15.9 Å². The van der Waals surface area contributed by atoms with Crippen LogP contribution in [0.15, 0.2) is 49.2 Å². The van der Waals surface area contributed by atoms with Crippen molar-refractivity contribution >= 4 is 21.4 Å². The summed E-state index contributed by atoms with van der Waals surface area (Å²) in [5.41, 5.74) is 1.43. The third kappa shape index (κ3) is 4.80. The number of ether oxygens (including phenoxy) is 2. The van der Waals surface area contributed by atoms with Crippen LogP contribution >= 0.6 is 11.6 Å². The van der Waals surface area contributed by atoms with E-state index in [1.165, 1.54) is 19.5 Å². The van der Waals surface area contributed by atoms with Gasteiger partial charge in [0.15, 0.2) is 21.4 Å².